The van der Waals surface area contributed by atoms with Gasteiger partial charge >= 0.3 is 0 Å². The topological polar surface area (TPSA) is 58.1 Å². The quantitative estimate of drug-likeness (QED) is 0.457. The van der Waals surface area contributed by atoms with Crippen LogP contribution < -0.4 is 20.1 Å². The van der Waals surface area contributed by atoms with Crippen LogP contribution in [0.5, 0.6) is 11.5 Å². The van der Waals surface area contributed by atoms with Crippen LogP contribution in [0.4, 0.5) is 0 Å². The van der Waals surface area contributed by atoms with Gasteiger partial charge in [0.1, 0.15) is 0 Å². The predicted molar refractivity (Wildman–Crippen MR) is 114 cm³/mol. The maximum absolute atomic E-state index is 5.57. The van der Waals surface area contributed by atoms with Crippen molar-refractivity contribution >= 4 is 5.96 Å². The van der Waals surface area contributed by atoms with Gasteiger partial charge in [-0.2, -0.15) is 0 Å². The zero-order chi connectivity index (χ0) is 20.2. The smallest absolute Gasteiger partial charge is 0.191 e. The van der Waals surface area contributed by atoms with Crippen molar-refractivity contribution < 1.29 is 9.47 Å². The highest BCUT2D eigenvalue weighted by atomic mass is 16.5. The summed E-state index contributed by atoms with van der Waals surface area (Å²) in [6.45, 7) is 16.8. The van der Waals surface area contributed by atoms with Crippen LogP contribution in [-0.4, -0.2) is 56.3 Å². The predicted octanol–water partition coefficient (Wildman–Crippen LogP) is 3.27. The number of hydrogen-bond acceptors (Lipinski definition) is 4. The molecule has 0 aliphatic heterocycles. The maximum atomic E-state index is 5.57. The zero-order valence-electron chi connectivity index (χ0n) is 18.1. The Morgan fingerprint density at radius 2 is 1.78 bits per heavy atom. The van der Waals surface area contributed by atoms with Crippen LogP contribution in [0, 0.1) is 0 Å². The van der Waals surface area contributed by atoms with Gasteiger partial charge in [0.2, 0.25) is 0 Å². The van der Waals surface area contributed by atoms with Crippen molar-refractivity contribution in [3.63, 3.8) is 0 Å². The molecule has 0 saturated heterocycles. The summed E-state index contributed by atoms with van der Waals surface area (Å²) in [6.07, 6.45) is 0. The molecule has 0 atom stereocenters. The third-order valence-electron chi connectivity index (χ3n) is 4.28. The SMILES string of the molecule is CCNC(=NCc1ccc(OCC)c(OC)c1)NCCN(C(C)C)C(C)C. The fourth-order valence-corrected chi connectivity index (χ4v) is 3.01. The monoisotopic (exact) mass is 378 g/mol. The Hall–Kier alpha value is -1.95. The van der Waals surface area contributed by atoms with E-state index in [0.29, 0.717) is 25.2 Å². The normalized spacial score (nSPS) is 12.0. The van der Waals surface area contributed by atoms with Gasteiger partial charge in [-0.15, -0.1) is 0 Å². The van der Waals surface area contributed by atoms with E-state index >= 15 is 0 Å². The highest BCUT2D eigenvalue weighted by Crippen LogP contribution is 2.28. The van der Waals surface area contributed by atoms with E-state index in [-0.39, 0.29) is 0 Å². The van der Waals surface area contributed by atoms with Crippen molar-refractivity contribution in [1.82, 2.24) is 15.5 Å². The van der Waals surface area contributed by atoms with Crippen LogP contribution in [0.25, 0.3) is 0 Å². The maximum Gasteiger partial charge on any atom is 0.191 e. The average Bonchev–Trinajstić information content (AvgIpc) is 2.63. The van der Waals surface area contributed by atoms with E-state index in [1.807, 2.05) is 25.1 Å². The van der Waals surface area contributed by atoms with Gasteiger partial charge in [-0.3, -0.25) is 4.90 Å². The lowest BCUT2D eigenvalue weighted by Crippen LogP contribution is -2.45. The minimum atomic E-state index is 0.530. The van der Waals surface area contributed by atoms with Gasteiger partial charge in [0.15, 0.2) is 17.5 Å². The lowest BCUT2D eigenvalue weighted by Gasteiger charge is -2.30. The average molecular weight is 379 g/mol. The highest BCUT2D eigenvalue weighted by Gasteiger charge is 2.12. The van der Waals surface area contributed by atoms with E-state index < -0.39 is 0 Å². The van der Waals surface area contributed by atoms with Gasteiger partial charge in [0.05, 0.1) is 20.3 Å². The number of aliphatic imine (C=N–C) groups is 1. The fourth-order valence-electron chi connectivity index (χ4n) is 3.01. The molecule has 0 heterocycles. The molecule has 6 nitrogen and oxygen atoms in total. The molecule has 0 unspecified atom stereocenters. The van der Waals surface area contributed by atoms with Crippen LogP contribution in [0.2, 0.25) is 0 Å². The molecule has 0 aliphatic carbocycles. The summed E-state index contributed by atoms with van der Waals surface area (Å²) in [5, 5.41) is 6.74. The largest absolute Gasteiger partial charge is 0.493 e. The molecule has 0 radical (unpaired) electrons. The second kappa shape index (κ2) is 12.4. The molecule has 27 heavy (non-hydrogen) atoms. The molecule has 1 rings (SSSR count). The number of nitrogens with one attached hydrogen (secondary N) is 2. The second-order valence-corrected chi connectivity index (χ2v) is 6.97. The van der Waals surface area contributed by atoms with Crippen molar-refractivity contribution in [3.05, 3.63) is 23.8 Å². The lowest BCUT2D eigenvalue weighted by atomic mass is 10.2. The molecule has 1 aromatic carbocycles. The van der Waals surface area contributed by atoms with Crippen LogP contribution >= 0.6 is 0 Å². The molecule has 0 spiro atoms. The van der Waals surface area contributed by atoms with Crippen molar-refractivity contribution in [1.29, 1.82) is 0 Å². The molecule has 2 N–H and O–H groups in total. The van der Waals surface area contributed by atoms with Crippen LogP contribution in [0.3, 0.4) is 0 Å². The van der Waals surface area contributed by atoms with Gasteiger partial charge in [-0.25, -0.2) is 4.99 Å². The Bertz CT molecular complexity index is 565. The van der Waals surface area contributed by atoms with Crippen LogP contribution in [0.1, 0.15) is 47.1 Å². The van der Waals surface area contributed by atoms with Crippen LogP contribution in [0.15, 0.2) is 23.2 Å². The first-order valence-corrected chi connectivity index (χ1v) is 10.00. The van der Waals surface area contributed by atoms with E-state index in [1.165, 1.54) is 0 Å². The van der Waals surface area contributed by atoms with E-state index in [4.69, 9.17) is 14.5 Å². The Morgan fingerprint density at radius 3 is 2.33 bits per heavy atom. The highest BCUT2D eigenvalue weighted by molar-refractivity contribution is 5.79. The summed E-state index contributed by atoms with van der Waals surface area (Å²) in [5.41, 5.74) is 1.08. The molecule has 1 aromatic rings. The second-order valence-electron chi connectivity index (χ2n) is 6.97. The first-order valence-electron chi connectivity index (χ1n) is 10.00. The molecule has 6 heteroatoms. The number of hydrogen-bond donors (Lipinski definition) is 2. The molecule has 154 valence electrons. The van der Waals surface area contributed by atoms with Gasteiger partial charge in [-0.05, 0) is 59.2 Å². The number of benzene rings is 1. The van der Waals surface area contributed by atoms with Crippen molar-refractivity contribution in [2.45, 2.75) is 60.2 Å². The number of nitrogens with zero attached hydrogens (tertiary/aromatic N) is 2. The molecule has 0 aromatic heterocycles. The van der Waals surface area contributed by atoms with Gasteiger partial charge in [0, 0.05) is 31.7 Å². The van der Waals surface area contributed by atoms with E-state index in [1.54, 1.807) is 7.11 Å². The molecule has 0 fully saturated rings. The summed E-state index contributed by atoms with van der Waals surface area (Å²) >= 11 is 0. The van der Waals surface area contributed by atoms with Gasteiger partial charge in [-0.1, -0.05) is 6.07 Å². The summed E-state index contributed by atoms with van der Waals surface area (Å²) in [6, 6.07) is 7.01. The lowest BCUT2D eigenvalue weighted by molar-refractivity contribution is 0.178. The summed E-state index contributed by atoms with van der Waals surface area (Å²) < 4.78 is 11.0. The Balaban J connectivity index is 2.70. The first-order chi connectivity index (χ1) is 12.9. The zero-order valence-corrected chi connectivity index (χ0v) is 18.1. The van der Waals surface area contributed by atoms with E-state index in [2.05, 4.69) is 50.2 Å². The van der Waals surface area contributed by atoms with Gasteiger partial charge in [0.25, 0.3) is 0 Å². The summed E-state index contributed by atoms with van der Waals surface area (Å²) in [7, 11) is 1.66. The third-order valence-corrected chi connectivity index (χ3v) is 4.28. The fraction of sp³-hybridized carbons (Fsp3) is 0.667. The van der Waals surface area contributed by atoms with Gasteiger partial charge < -0.3 is 20.1 Å². The molecule has 0 bridgehead atoms. The Morgan fingerprint density at radius 1 is 1.07 bits per heavy atom. The van der Waals surface area contributed by atoms with E-state index in [9.17, 15) is 0 Å². The Labute approximate surface area is 165 Å². The molecular weight excluding hydrogens is 340 g/mol. The summed E-state index contributed by atoms with van der Waals surface area (Å²) in [5.74, 6) is 2.34. The molecule has 0 saturated carbocycles. The number of methoxy groups -OCH3 is 1. The molecule has 0 amide bonds. The van der Waals surface area contributed by atoms with Crippen molar-refractivity contribution in [2.24, 2.45) is 4.99 Å². The first kappa shape index (κ1) is 23.1. The van der Waals surface area contributed by atoms with E-state index in [0.717, 1.165) is 42.7 Å². The molecular formula is C21H38N4O2. The minimum Gasteiger partial charge on any atom is -0.493 e. The van der Waals surface area contributed by atoms with Crippen LogP contribution in [-0.2, 0) is 6.54 Å². The summed E-state index contributed by atoms with van der Waals surface area (Å²) in [4.78, 5) is 7.17. The third kappa shape index (κ3) is 8.08. The standard InChI is InChI=1S/C21H38N4O2/c1-8-22-21(23-12-13-25(16(3)4)17(5)6)24-15-18-10-11-19(27-9-2)20(14-18)26-7/h10-11,14,16-17H,8-9,12-13,15H2,1-7H3,(H2,22,23,24). The van der Waals surface area contributed by atoms with Crippen molar-refractivity contribution in [3.8, 4) is 11.5 Å². The molecule has 0 aliphatic rings. The number of ether oxygens (including phenoxy) is 2. The number of rotatable bonds is 11. The van der Waals surface area contributed by atoms with Crippen molar-refractivity contribution in [2.75, 3.05) is 33.4 Å². The number of guanidine groups is 1. The Kier molecular flexibility index (Phi) is 10.6. The minimum absolute atomic E-state index is 0.530.